The number of hydrogen-bond donors (Lipinski definition) is 1. The molecule has 144 valence electrons. The average molecular weight is 386 g/mol. The van der Waals surface area contributed by atoms with Crippen LogP contribution in [0.15, 0.2) is 69.6 Å². The summed E-state index contributed by atoms with van der Waals surface area (Å²) in [6.45, 7) is 3.10. The van der Waals surface area contributed by atoms with Crippen LogP contribution in [0.25, 0.3) is 0 Å². The van der Waals surface area contributed by atoms with Gasteiger partial charge in [0, 0.05) is 11.1 Å². The topological polar surface area (TPSA) is 108 Å². The van der Waals surface area contributed by atoms with Gasteiger partial charge in [-0.2, -0.15) is 10.4 Å². The fraction of sp³-hybridized carbons (Fsp3) is 0.136. The van der Waals surface area contributed by atoms with Crippen LogP contribution in [0.2, 0.25) is 0 Å². The molecule has 0 aliphatic rings. The van der Waals surface area contributed by atoms with Crippen molar-refractivity contribution in [3.8, 4) is 11.9 Å². The summed E-state index contributed by atoms with van der Waals surface area (Å²) in [6, 6.07) is 17.5. The zero-order chi connectivity index (χ0) is 21.0. The number of ketones is 1. The van der Waals surface area contributed by atoms with E-state index < -0.39 is 11.4 Å². The minimum Gasteiger partial charge on any atom is -0.493 e. The smallest absolute Gasteiger partial charge is 0.281 e. The minimum absolute atomic E-state index is 0.0223. The third kappa shape index (κ3) is 4.12. The maximum atomic E-state index is 12.9. The quantitative estimate of drug-likeness (QED) is 0.518. The molecular weight excluding hydrogens is 368 g/mol. The summed E-state index contributed by atoms with van der Waals surface area (Å²) in [6.07, 6.45) is 0. The number of Topliss-reactive ketones (excluding diaryl/α,β-unsaturated/α-hetero) is 1. The number of aromatic hydroxyl groups is 1. The zero-order valence-electron chi connectivity index (χ0n) is 16.0. The summed E-state index contributed by atoms with van der Waals surface area (Å²) in [5.41, 5.74) is 1.44. The van der Waals surface area contributed by atoms with Crippen molar-refractivity contribution in [3.63, 3.8) is 0 Å². The molecule has 0 aliphatic carbocycles. The van der Waals surface area contributed by atoms with E-state index in [-0.39, 0.29) is 29.1 Å². The largest absolute Gasteiger partial charge is 0.493 e. The fourth-order valence-electron chi connectivity index (χ4n) is 2.84. The number of benzene rings is 2. The van der Waals surface area contributed by atoms with Gasteiger partial charge < -0.3 is 5.11 Å². The Bertz CT molecular complexity index is 1190. The van der Waals surface area contributed by atoms with Crippen molar-refractivity contribution >= 4 is 17.2 Å². The normalized spacial score (nSPS) is 10.8. The number of carbonyl (C=O) groups is 1. The van der Waals surface area contributed by atoms with Crippen LogP contribution in [0, 0.1) is 18.3 Å². The predicted octanol–water partition coefficient (Wildman–Crippen LogP) is 4.40. The van der Waals surface area contributed by atoms with Gasteiger partial charge in [-0.05, 0) is 43.7 Å². The molecule has 3 aromatic rings. The second-order valence-electron chi connectivity index (χ2n) is 6.46. The van der Waals surface area contributed by atoms with Crippen molar-refractivity contribution in [2.75, 3.05) is 0 Å². The number of azo groups is 1. The molecule has 1 heterocycles. The van der Waals surface area contributed by atoms with Crippen molar-refractivity contribution < 1.29 is 9.90 Å². The van der Waals surface area contributed by atoms with E-state index in [1.807, 2.05) is 36.4 Å². The lowest BCUT2D eigenvalue weighted by molar-refractivity contribution is 0.101. The molecule has 2 aromatic carbocycles. The van der Waals surface area contributed by atoms with Gasteiger partial charge in [0.25, 0.3) is 5.56 Å². The Morgan fingerprint density at radius 1 is 1.10 bits per heavy atom. The van der Waals surface area contributed by atoms with Crippen LogP contribution in [0.1, 0.15) is 34.0 Å². The predicted molar refractivity (Wildman–Crippen MR) is 108 cm³/mol. The molecule has 0 saturated carbocycles. The number of carbonyl (C=O) groups excluding carboxylic acids is 1. The molecule has 0 aliphatic heterocycles. The summed E-state index contributed by atoms with van der Waals surface area (Å²) in [4.78, 5) is 24.3. The third-order valence-electron chi connectivity index (χ3n) is 4.49. The van der Waals surface area contributed by atoms with Crippen molar-refractivity contribution in [2.45, 2.75) is 20.4 Å². The van der Waals surface area contributed by atoms with Crippen LogP contribution in [0.3, 0.4) is 0 Å². The van der Waals surface area contributed by atoms with Gasteiger partial charge in [-0.1, -0.05) is 30.3 Å². The molecule has 7 heteroatoms. The number of rotatable bonds is 5. The highest BCUT2D eigenvalue weighted by Gasteiger charge is 2.19. The van der Waals surface area contributed by atoms with Gasteiger partial charge >= 0.3 is 0 Å². The molecule has 7 nitrogen and oxygen atoms in total. The Kier molecular flexibility index (Phi) is 5.65. The Labute approximate surface area is 167 Å². The van der Waals surface area contributed by atoms with Crippen LogP contribution in [0.5, 0.6) is 5.88 Å². The van der Waals surface area contributed by atoms with E-state index in [4.69, 9.17) is 0 Å². The third-order valence-corrected chi connectivity index (χ3v) is 4.49. The first kappa shape index (κ1) is 19.7. The summed E-state index contributed by atoms with van der Waals surface area (Å²) >= 11 is 0. The van der Waals surface area contributed by atoms with Gasteiger partial charge in [0.2, 0.25) is 5.88 Å². The molecule has 0 atom stereocenters. The Morgan fingerprint density at radius 3 is 2.34 bits per heavy atom. The summed E-state index contributed by atoms with van der Waals surface area (Å²) in [5, 5.41) is 28.0. The maximum absolute atomic E-state index is 12.9. The Balaban J connectivity index is 2.06. The van der Waals surface area contributed by atoms with Gasteiger partial charge in [-0.15, -0.1) is 5.11 Å². The molecule has 1 aromatic heterocycles. The van der Waals surface area contributed by atoms with Crippen LogP contribution < -0.4 is 5.56 Å². The van der Waals surface area contributed by atoms with Crippen LogP contribution in [-0.4, -0.2) is 15.5 Å². The lowest BCUT2D eigenvalue weighted by atomic mass is 10.1. The molecule has 0 unspecified atom stereocenters. The van der Waals surface area contributed by atoms with Crippen molar-refractivity contribution in [1.29, 1.82) is 5.26 Å². The zero-order valence-corrected chi connectivity index (χ0v) is 16.0. The van der Waals surface area contributed by atoms with Gasteiger partial charge in [0.1, 0.15) is 11.6 Å². The standard InChI is InChI=1S/C22H18N4O3/c1-14-19(12-23)21(28)26(13-16-6-4-3-5-7-16)22(29)20(14)25-24-18-10-8-17(9-11-18)15(2)27/h3-11,28H,13H2,1-2H3. The van der Waals surface area contributed by atoms with E-state index in [2.05, 4.69) is 10.2 Å². The van der Waals surface area contributed by atoms with E-state index in [9.17, 15) is 20.0 Å². The summed E-state index contributed by atoms with van der Waals surface area (Å²) < 4.78 is 1.11. The average Bonchev–Trinajstić information content (AvgIpc) is 2.72. The molecular formula is C22H18N4O3. The summed E-state index contributed by atoms with van der Waals surface area (Å²) in [7, 11) is 0. The number of nitriles is 1. The number of pyridine rings is 1. The fourth-order valence-corrected chi connectivity index (χ4v) is 2.84. The van der Waals surface area contributed by atoms with Gasteiger partial charge in [-0.25, -0.2) is 0 Å². The molecule has 0 amide bonds. The van der Waals surface area contributed by atoms with Crippen LogP contribution >= 0.6 is 0 Å². The van der Waals surface area contributed by atoms with E-state index in [0.717, 1.165) is 10.1 Å². The number of nitrogens with zero attached hydrogens (tertiary/aromatic N) is 4. The van der Waals surface area contributed by atoms with Gasteiger partial charge in [0.15, 0.2) is 11.5 Å². The first-order chi connectivity index (χ1) is 13.9. The number of hydrogen-bond acceptors (Lipinski definition) is 6. The highest BCUT2D eigenvalue weighted by Crippen LogP contribution is 2.27. The van der Waals surface area contributed by atoms with E-state index in [1.165, 1.54) is 6.92 Å². The minimum atomic E-state index is -0.549. The second-order valence-corrected chi connectivity index (χ2v) is 6.46. The van der Waals surface area contributed by atoms with Crippen molar-refractivity contribution in [2.24, 2.45) is 10.2 Å². The SMILES string of the molecule is CC(=O)c1ccc(N=Nc2c(C)c(C#N)c(O)n(Cc3ccccc3)c2=O)cc1. The molecule has 0 radical (unpaired) electrons. The lowest BCUT2D eigenvalue weighted by Gasteiger charge is -2.13. The molecule has 0 fully saturated rings. The lowest BCUT2D eigenvalue weighted by Crippen LogP contribution is -2.22. The monoisotopic (exact) mass is 386 g/mol. The van der Waals surface area contributed by atoms with Gasteiger partial charge in [-0.3, -0.25) is 14.2 Å². The van der Waals surface area contributed by atoms with E-state index in [1.54, 1.807) is 31.2 Å². The Morgan fingerprint density at radius 2 is 1.76 bits per heavy atom. The maximum Gasteiger partial charge on any atom is 0.281 e. The highest BCUT2D eigenvalue weighted by molar-refractivity contribution is 5.94. The van der Waals surface area contributed by atoms with Crippen molar-refractivity contribution in [1.82, 2.24) is 4.57 Å². The first-order valence-electron chi connectivity index (χ1n) is 8.85. The molecule has 29 heavy (non-hydrogen) atoms. The molecule has 3 rings (SSSR count). The van der Waals surface area contributed by atoms with Gasteiger partial charge in [0.05, 0.1) is 12.2 Å². The van der Waals surface area contributed by atoms with Crippen LogP contribution in [-0.2, 0) is 6.54 Å². The summed E-state index contributed by atoms with van der Waals surface area (Å²) in [5.74, 6) is -0.464. The molecule has 0 spiro atoms. The second kappa shape index (κ2) is 8.31. The highest BCUT2D eigenvalue weighted by atomic mass is 16.3. The molecule has 1 N–H and O–H groups in total. The van der Waals surface area contributed by atoms with Crippen LogP contribution in [0.4, 0.5) is 11.4 Å². The first-order valence-corrected chi connectivity index (χ1v) is 8.85. The van der Waals surface area contributed by atoms with E-state index in [0.29, 0.717) is 11.3 Å². The number of aromatic nitrogens is 1. The van der Waals surface area contributed by atoms with E-state index >= 15 is 0 Å². The Hall–Kier alpha value is -4.05. The molecule has 0 saturated heterocycles. The molecule has 0 bridgehead atoms. The van der Waals surface area contributed by atoms with Crippen molar-refractivity contribution in [3.05, 3.63) is 87.2 Å².